The minimum Gasteiger partial charge on any atom is -0.372 e. The Kier molecular flexibility index (Phi) is 3.10. The standard InChI is InChI=1S/C9H11N3O2S/c10-2-3-14-5-7-11-6-1-4-15-8(6)9(13)12-7/h1,4H,2-3,5,10H2,(H,11,12,13). The van der Waals surface area contributed by atoms with Gasteiger partial charge in [0.25, 0.3) is 5.56 Å². The molecule has 2 rings (SSSR count). The van der Waals surface area contributed by atoms with Crippen molar-refractivity contribution in [2.75, 3.05) is 13.2 Å². The Morgan fingerprint density at radius 2 is 2.47 bits per heavy atom. The zero-order chi connectivity index (χ0) is 10.7. The van der Waals surface area contributed by atoms with Gasteiger partial charge in [-0.25, -0.2) is 4.98 Å². The molecule has 3 N–H and O–H groups in total. The highest BCUT2D eigenvalue weighted by Gasteiger charge is 2.04. The van der Waals surface area contributed by atoms with Crippen molar-refractivity contribution in [3.8, 4) is 0 Å². The molecular weight excluding hydrogens is 214 g/mol. The maximum absolute atomic E-state index is 11.5. The monoisotopic (exact) mass is 225 g/mol. The van der Waals surface area contributed by atoms with E-state index in [-0.39, 0.29) is 12.2 Å². The second kappa shape index (κ2) is 4.52. The zero-order valence-electron chi connectivity index (χ0n) is 8.03. The van der Waals surface area contributed by atoms with Gasteiger partial charge in [0, 0.05) is 6.54 Å². The second-order valence-corrected chi connectivity index (χ2v) is 3.90. The van der Waals surface area contributed by atoms with Crippen LogP contribution in [0.3, 0.4) is 0 Å². The predicted molar refractivity (Wildman–Crippen MR) is 59.0 cm³/mol. The maximum atomic E-state index is 11.5. The van der Waals surface area contributed by atoms with Gasteiger partial charge in [0.05, 0.1) is 12.1 Å². The number of aromatic nitrogens is 2. The molecule has 2 aromatic heterocycles. The molecule has 0 spiro atoms. The minimum atomic E-state index is -0.110. The van der Waals surface area contributed by atoms with Crippen LogP contribution in [0.5, 0.6) is 0 Å². The van der Waals surface area contributed by atoms with E-state index >= 15 is 0 Å². The molecule has 0 unspecified atom stereocenters. The van der Waals surface area contributed by atoms with E-state index in [0.29, 0.717) is 23.7 Å². The van der Waals surface area contributed by atoms with E-state index in [4.69, 9.17) is 10.5 Å². The smallest absolute Gasteiger partial charge is 0.268 e. The largest absolute Gasteiger partial charge is 0.372 e. The molecule has 2 heterocycles. The number of nitrogens with two attached hydrogens (primary N) is 1. The van der Waals surface area contributed by atoms with Gasteiger partial charge in [0.1, 0.15) is 17.1 Å². The van der Waals surface area contributed by atoms with Crippen LogP contribution in [0.2, 0.25) is 0 Å². The summed E-state index contributed by atoms with van der Waals surface area (Å²) in [5, 5.41) is 1.84. The van der Waals surface area contributed by atoms with Crippen LogP contribution in [0.4, 0.5) is 0 Å². The van der Waals surface area contributed by atoms with Crippen molar-refractivity contribution in [3.63, 3.8) is 0 Å². The Balaban J connectivity index is 2.25. The molecule has 0 aliphatic heterocycles. The van der Waals surface area contributed by atoms with Crippen molar-refractivity contribution in [2.45, 2.75) is 6.61 Å². The third-order valence-electron chi connectivity index (χ3n) is 1.86. The van der Waals surface area contributed by atoms with Crippen molar-refractivity contribution in [3.05, 3.63) is 27.6 Å². The summed E-state index contributed by atoms with van der Waals surface area (Å²) in [6.07, 6.45) is 0. The fraction of sp³-hybridized carbons (Fsp3) is 0.333. The first-order chi connectivity index (χ1) is 7.31. The molecule has 0 saturated carbocycles. The Bertz CT molecular complexity index is 505. The Hall–Kier alpha value is -1.24. The van der Waals surface area contributed by atoms with Gasteiger partial charge in [0.15, 0.2) is 0 Å². The summed E-state index contributed by atoms with van der Waals surface area (Å²) in [5.74, 6) is 0.541. The molecule has 0 bridgehead atoms. The first-order valence-corrected chi connectivity index (χ1v) is 5.43. The lowest BCUT2D eigenvalue weighted by Crippen LogP contribution is -2.13. The number of nitrogens with zero attached hydrogens (tertiary/aromatic N) is 1. The highest BCUT2D eigenvalue weighted by atomic mass is 32.1. The van der Waals surface area contributed by atoms with Crippen LogP contribution in [0.15, 0.2) is 16.2 Å². The van der Waals surface area contributed by atoms with Crippen LogP contribution in [-0.4, -0.2) is 23.1 Å². The Labute approximate surface area is 89.9 Å². The molecule has 15 heavy (non-hydrogen) atoms. The quantitative estimate of drug-likeness (QED) is 0.741. The van der Waals surface area contributed by atoms with Crippen LogP contribution in [0.1, 0.15) is 5.82 Å². The predicted octanol–water partition coefficient (Wildman–Crippen LogP) is 0.460. The molecule has 0 atom stereocenters. The zero-order valence-corrected chi connectivity index (χ0v) is 8.84. The lowest BCUT2D eigenvalue weighted by molar-refractivity contribution is 0.122. The van der Waals surface area contributed by atoms with E-state index in [1.165, 1.54) is 11.3 Å². The van der Waals surface area contributed by atoms with Crippen LogP contribution in [0.25, 0.3) is 10.2 Å². The lowest BCUT2D eigenvalue weighted by atomic mass is 10.4. The van der Waals surface area contributed by atoms with Crippen LogP contribution >= 0.6 is 11.3 Å². The number of fused-ring (bicyclic) bond motifs is 1. The molecule has 80 valence electrons. The van der Waals surface area contributed by atoms with Crippen molar-refractivity contribution in [1.29, 1.82) is 0 Å². The van der Waals surface area contributed by atoms with Crippen LogP contribution in [0, 0.1) is 0 Å². The van der Waals surface area contributed by atoms with E-state index in [1.807, 2.05) is 11.4 Å². The van der Waals surface area contributed by atoms with Crippen molar-refractivity contribution < 1.29 is 4.74 Å². The fourth-order valence-corrected chi connectivity index (χ4v) is 1.97. The summed E-state index contributed by atoms with van der Waals surface area (Å²) in [4.78, 5) is 18.5. The highest BCUT2D eigenvalue weighted by Crippen LogP contribution is 2.13. The summed E-state index contributed by atoms with van der Waals surface area (Å²) >= 11 is 1.38. The lowest BCUT2D eigenvalue weighted by Gasteiger charge is -2.01. The van der Waals surface area contributed by atoms with Gasteiger partial charge < -0.3 is 15.5 Å². The number of aromatic amines is 1. The van der Waals surface area contributed by atoms with Gasteiger partial charge in [-0.15, -0.1) is 11.3 Å². The Morgan fingerprint density at radius 1 is 1.60 bits per heavy atom. The van der Waals surface area contributed by atoms with Gasteiger partial charge in [-0.2, -0.15) is 0 Å². The summed E-state index contributed by atoms with van der Waals surface area (Å²) < 4.78 is 5.85. The van der Waals surface area contributed by atoms with E-state index in [0.717, 1.165) is 5.52 Å². The topological polar surface area (TPSA) is 81.0 Å². The Morgan fingerprint density at radius 3 is 3.27 bits per heavy atom. The van der Waals surface area contributed by atoms with E-state index < -0.39 is 0 Å². The first-order valence-electron chi connectivity index (χ1n) is 4.55. The molecular formula is C9H11N3O2S. The van der Waals surface area contributed by atoms with Crippen molar-refractivity contribution in [2.24, 2.45) is 5.73 Å². The average Bonchev–Trinajstić information content (AvgIpc) is 2.66. The van der Waals surface area contributed by atoms with Gasteiger partial charge in [0.2, 0.25) is 0 Å². The minimum absolute atomic E-state index is 0.110. The molecule has 0 aromatic carbocycles. The first kappa shape index (κ1) is 10.3. The number of rotatable bonds is 4. The molecule has 0 fully saturated rings. The van der Waals surface area contributed by atoms with Crippen molar-refractivity contribution in [1.82, 2.24) is 9.97 Å². The molecule has 2 aromatic rings. The van der Waals surface area contributed by atoms with E-state index in [1.54, 1.807) is 0 Å². The number of hydrogen-bond acceptors (Lipinski definition) is 5. The molecule has 5 nitrogen and oxygen atoms in total. The third kappa shape index (κ3) is 2.23. The van der Waals surface area contributed by atoms with Gasteiger partial charge in [-0.3, -0.25) is 4.79 Å². The van der Waals surface area contributed by atoms with Gasteiger partial charge in [-0.1, -0.05) is 0 Å². The summed E-state index contributed by atoms with van der Waals surface area (Å²) in [5.41, 5.74) is 5.89. The molecule has 0 saturated heterocycles. The highest BCUT2D eigenvalue weighted by molar-refractivity contribution is 7.17. The SMILES string of the molecule is NCCOCc1nc2ccsc2c(=O)[nH]1. The van der Waals surface area contributed by atoms with E-state index in [2.05, 4.69) is 9.97 Å². The molecule has 6 heteroatoms. The molecule has 0 aliphatic carbocycles. The van der Waals surface area contributed by atoms with E-state index in [9.17, 15) is 4.79 Å². The molecule has 0 aliphatic rings. The number of ether oxygens (including phenoxy) is 1. The number of H-pyrrole nitrogens is 1. The van der Waals surface area contributed by atoms with Crippen molar-refractivity contribution >= 4 is 21.6 Å². The average molecular weight is 225 g/mol. The number of nitrogens with one attached hydrogen (secondary N) is 1. The van der Waals surface area contributed by atoms with Crippen LogP contribution < -0.4 is 11.3 Å². The number of thiophene rings is 1. The summed E-state index contributed by atoms with van der Waals surface area (Å²) in [7, 11) is 0. The molecule has 0 radical (unpaired) electrons. The summed E-state index contributed by atoms with van der Waals surface area (Å²) in [6.45, 7) is 1.22. The van der Waals surface area contributed by atoms with Crippen LogP contribution in [-0.2, 0) is 11.3 Å². The second-order valence-electron chi connectivity index (χ2n) is 2.99. The third-order valence-corrected chi connectivity index (χ3v) is 2.77. The van der Waals surface area contributed by atoms with Gasteiger partial charge in [-0.05, 0) is 11.4 Å². The normalized spacial score (nSPS) is 11.0. The van der Waals surface area contributed by atoms with Gasteiger partial charge >= 0.3 is 0 Å². The molecule has 0 amide bonds. The fourth-order valence-electron chi connectivity index (χ4n) is 1.24. The maximum Gasteiger partial charge on any atom is 0.268 e. The summed E-state index contributed by atoms with van der Waals surface area (Å²) in [6, 6.07) is 1.82. The number of hydrogen-bond donors (Lipinski definition) is 2.